The van der Waals surface area contributed by atoms with E-state index in [0.717, 1.165) is 44.6 Å². The third-order valence-electron chi connectivity index (χ3n) is 5.03. The van der Waals surface area contributed by atoms with Gasteiger partial charge in [-0.25, -0.2) is 0 Å². The molecule has 0 spiro atoms. The lowest BCUT2D eigenvalue weighted by Gasteiger charge is -2.16. The average Bonchev–Trinajstić information content (AvgIpc) is 3.22. The molecular formula is C21H23N3. The van der Waals surface area contributed by atoms with Gasteiger partial charge in [0.15, 0.2) is 0 Å². The van der Waals surface area contributed by atoms with Crippen molar-refractivity contribution in [1.29, 1.82) is 0 Å². The Morgan fingerprint density at radius 1 is 1.12 bits per heavy atom. The predicted octanol–water partition coefficient (Wildman–Crippen LogP) is 3.60. The van der Waals surface area contributed by atoms with Gasteiger partial charge in [-0.3, -0.25) is 4.90 Å². The highest BCUT2D eigenvalue weighted by Crippen LogP contribution is 2.37. The molecule has 0 amide bonds. The maximum atomic E-state index is 4.30. The Bertz CT molecular complexity index is 782. The van der Waals surface area contributed by atoms with Crippen molar-refractivity contribution in [1.82, 2.24) is 15.1 Å². The van der Waals surface area contributed by atoms with Crippen LogP contribution >= 0.6 is 0 Å². The summed E-state index contributed by atoms with van der Waals surface area (Å²) in [6, 6.07) is 10.9. The van der Waals surface area contributed by atoms with Crippen LogP contribution in [0.4, 0.5) is 0 Å². The second-order valence-electron chi connectivity index (χ2n) is 6.79. The molecule has 0 unspecified atom stereocenters. The highest BCUT2D eigenvalue weighted by molar-refractivity contribution is 5.77. The summed E-state index contributed by atoms with van der Waals surface area (Å²) in [7, 11) is 0. The molecule has 1 aliphatic carbocycles. The lowest BCUT2D eigenvalue weighted by Crippen LogP contribution is -2.21. The van der Waals surface area contributed by atoms with E-state index in [9.17, 15) is 0 Å². The third-order valence-corrected chi connectivity index (χ3v) is 5.03. The zero-order valence-electron chi connectivity index (χ0n) is 14.2. The largest absolute Gasteiger partial charge is 0.296 e. The number of benzene rings is 1. The molecule has 0 bridgehead atoms. The summed E-state index contributed by atoms with van der Waals surface area (Å²) in [5.74, 6) is 0. The fraction of sp³-hybridized carbons (Fsp3) is 0.333. The Hall–Kier alpha value is -2.26. The monoisotopic (exact) mass is 317 g/mol. The first kappa shape index (κ1) is 15.3. The van der Waals surface area contributed by atoms with Gasteiger partial charge in [0.05, 0.1) is 5.69 Å². The van der Waals surface area contributed by atoms with Gasteiger partial charge in [0.2, 0.25) is 0 Å². The number of hydrogen-bond acceptors (Lipinski definition) is 3. The number of aromatic nitrogens is 2. The molecule has 4 rings (SSSR count). The van der Waals surface area contributed by atoms with Crippen molar-refractivity contribution in [3.8, 4) is 0 Å². The topological polar surface area (TPSA) is 29.0 Å². The van der Waals surface area contributed by atoms with Crippen LogP contribution < -0.4 is 0 Å². The fourth-order valence-corrected chi connectivity index (χ4v) is 3.76. The molecule has 0 fully saturated rings. The van der Waals surface area contributed by atoms with Crippen LogP contribution in [0, 0.1) is 6.92 Å². The molecule has 24 heavy (non-hydrogen) atoms. The second-order valence-corrected chi connectivity index (χ2v) is 6.79. The maximum Gasteiger partial charge on any atom is 0.0675 e. The van der Waals surface area contributed by atoms with Gasteiger partial charge >= 0.3 is 0 Å². The van der Waals surface area contributed by atoms with Crippen molar-refractivity contribution < 1.29 is 0 Å². The summed E-state index contributed by atoms with van der Waals surface area (Å²) >= 11 is 0. The van der Waals surface area contributed by atoms with Crippen molar-refractivity contribution in [3.05, 3.63) is 76.6 Å². The van der Waals surface area contributed by atoms with E-state index < -0.39 is 0 Å². The maximum absolute atomic E-state index is 4.30. The van der Waals surface area contributed by atoms with E-state index in [0.29, 0.717) is 0 Å². The third kappa shape index (κ3) is 3.17. The second kappa shape index (κ2) is 6.70. The first-order valence-electron chi connectivity index (χ1n) is 8.74. The molecule has 1 aromatic carbocycles. The van der Waals surface area contributed by atoms with Crippen LogP contribution in [-0.2, 0) is 12.8 Å². The molecule has 1 aliphatic heterocycles. The van der Waals surface area contributed by atoms with Crippen molar-refractivity contribution in [2.75, 3.05) is 19.6 Å². The quantitative estimate of drug-likeness (QED) is 0.789. The number of aryl methyl sites for hydroxylation is 1. The predicted molar refractivity (Wildman–Crippen MR) is 97.7 cm³/mol. The highest BCUT2D eigenvalue weighted by Gasteiger charge is 2.22. The molecule has 0 radical (unpaired) electrons. The molecule has 1 aromatic heterocycles. The summed E-state index contributed by atoms with van der Waals surface area (Å²) in [4.78, 5) is 2.50. The zero-order chi connectivity index (χ0) is 16.4. The average molecular weight is 317 g/mol. The molecule has 0 atom stereocenters. The van der Waals surface area contributed by atoms with E-state index in [-0.39, 0.29) is 0 Å². The highest BCUT2D eigenvalue weighted by atomic mass is 15.1. The number of rotatable bonds is 5. The lowest BCUT2D eigenvalue weighted by molar-refractivity contribution is 0.356. The van der Waals surface area contributed by atoms with Gasteiger partial charge in [-0.05, 0) is 48.6 Å². The smallest absolute Gasteiger partial charge is 0.0675 e. The first-order chi connectivity index (χ1) is 11.8. The molecule has 3 heteroatoms. The van der Waals surface area contributed by atoms with Crippen molar-refractivity contribution in [2.24, 2.45) is 0 Å². The Morgan fingerprint density at radius 3 is 2.79 bits per heavy atom. The molecule has 3 nitrogen and oxygen atoms in total. The number of hydrogen-bond donors (Lipinski definition) is 0. The minimum atomic E-state index is 0.886. The molecule has 2 aromatic rings. The summed E-state index contributed by atoms with van der Waals surface area (Å²) in [6.45, 7) is 5.51. The molecule has 2 aliphatic rings. The summed E-state index contributed by atoms with van der Waals surface area (Å²) in [6.07, 6.45) is 9.39. The van der Waals surface area contributed by atoms with E-state index in [1.54, 1.807) is 11.8 Å². The van der Waals surface area contributed by atoms with Crippen LogP contribution in [-0.4, -0.2) is 34.7 Å². The summed E-state index contributed by atoms with van der Waals surface area (Å²) < 4.78 is 0. The molecular weight excluding hydrogens is 294 g/mol. The van der Waals surface area contributed by atoms with Crippen LogP contribution in [0.2, 0.25) is 0 Å². The molecule has 0 N–H and O–H groups in total. The van der Waals surface area contributed by atoms with E-state index in [1.807, 2.05) is 6.07 Å². The van der Waals surface area contributed by atoms with Gasteiger partial charge in [0.25, 0.3) is 0 Å². The van der Waals surface area contributed by atoms with Gasteiger partial charge in [0.1, 0.15) is 0 Å². The Balaban J connectivity index is 1.59. The van der Waals surface area contributed by atoms with E-state index in [2.05, 4.69) is 58.4 Å². The van der Waals surface area contributed by atoms with E-state index >= 15 is 0 Å². The van der Waals surface area contributed by atoms with Gasteiger partial charge in [-0.1, -0.05) is 41.5 Å². The lowest BCUT2D eigenvalue weighted by atomic mass is 9.98. The standard InChI is InChI=1S/C21H23N3/c1-16-6-7-20-18(13-16)14-17(8-12-24-10-2-3-11-24)21(20)15-19-5-4-9-22-23-19/h2-7,9,13H,8,10-12,14-15H2,1H3. The molecule has 2 heterocycles. The normalized spacial score (nSPS) is 16.9. The number of allylic oxidation sites excluding steroid dienone is 1. The minimum absolute atomic E-state index is 0.886. The van der Waals surface area contributed by atoms with Gasteiger partial charge < -0.3 is 0 Å². The molecule has 0 saturated carbocycles. The summed E-state index contributed by atoms with van der Waals surface area (Å²) in [5.41, 5.74) is 8.34. The Morgan fingerprint density at radius 2 is 2.00 bits per heavy atom. The van der Waals surface area contributed by atoms with Crippen LogP contribution in [0.3, 0.4) is 0 Å². The van der Waals surface area contributed by atoms with Crippen molar-refractivity contribution >= 4 is 5.57 Å². The van der Waals surface area contributed by atoms with Crippen LogP contribution in [0.1, 0.15) is 28.8 Å². The van der Waals surface area contributed by atoms with E-state index in [1.165, 1.54) is 22.3 Å². The van der Waals surface area contributed by atoms with Gasteiger partial charge in [0, 0.05) is 32.3 Å². The summed E-state index contributed by atoms with van der Waals surface area (Å²) in [5, 5.41) is 8.34. The van der Waals surface area contributed by atoms with Gasteiger partial charge in [-0.2, -0.15) is 10.2 Å². The van der Waals surface area contributed by atoms with E-state index in [4.69, 9.17) is 0 Å². The van der Waals surface area contributed by atoms with Crippen LogP contribution in [0.25, 0.3) is 5.57 Å². The minimum Gasteiger partial charge on any atom is -0.296 e. The molecule has 0 saturated heterocycles. The van der Waals surface area contributed by atoms with Crippen LogP contribution in [0.15, 0.2) is 54.3 Å². The van der Waals surface area contributed by atoms with Crippen molar-refractivity contribution in [3.63, 3.8) is 0 Å². The Kier molecular flexibility index (Phi) is 4.26. The fourth-order valence-electron chi connectivity index (χ4n) is 3.76. The SMILES string of the molecule is Cc1ccc2c(c1)CC(CCN1CC=CC1)=C2Cc1cccnn1. The number of fused-ring (bicyclic) bond motifs is 1. The van der Waals surface area contributed by atoms with Crippen LogP contribution in [0.5, 0.6) is 0 Å². The first-order valence-corrected chi connectivity index (χ1v) is 8.74. The Labute approximate surface area is 143 Å². The van der Waals surface area contributed by atoms with Gasteiger partial charge in [-0.15, -0.1) is 0 Å². The molecule has 122 valence electrons. The number of nitrogens with zero attached hydrogens (tertiary/aromatic N) is 3. The zero-order valence-corrected chi connectivity index (χ0v) is 14.2. The van der Waals surface area contributed by atoms with Crippen molar-refractivity contribution in [2.45, 2.75) is 26.2 Å².